The standard InChI is InChI=1S/C23H20N4O2S/c1-15(21-24-14-19(26-21)16-8-3-2-4-9-16)25-22(28)17-10-5-6-11-18(17)27-23(29)20-12-7-13-30-20/h2-15H,1H3,(H,24,26)(H,25,28)(H,27,29). The van der Waals surface area contributed by atoms with Gasteiger partial charge in [-0.1, -0.05) is 48.5 Å². The summed E-state index contributed by atoms with van der Waals surface area (Å²) in [5.41, 5.74) is 2.76. The molecule has 1 atom stereocenters. The Labute approximate surface area is 178 Å². The van der Waals surface area contributed by atoms with Crippen LogP contribution in [0.4, 0.5) is 5.69 Å². The second kappa shape index (κ2) is 8.75. The van der Waals surface area contributed by atoms with Crippen LogP contribution in [0, 0.1) is 0 Å². The lowest BCUT2D eigenvalue weighted by Crippen LogP contribution is -2.28. The lowest BCUT2D eigenvalue weighted by molar-refractivity contribution is 0.0939. The molecule has 0 bridgehead atoms. The molecule has 2 aromatic carbocycles. The summed E-state index contributed by atoms with van der Waals surface area (Å²) in [4.78, 5) is 33.5. The Hall–Kier alpha value is -3.71. The molecule has 2 amide bonds. The van der Waals surface area contributed by atoms with Crippen molar-refractivity contribution in [2.75, 3.05) is 5.32 Å². The van der Waals surface area contributed by atoms with Crippen molar-refractivity contribution < 1.29 is 9.59 Å². The zero-order valence-corrected chi connectivity index (χ0v) is 17.1. The van der Waals surface area contributed by atoms with Gasteiger partial charge >= 0.3 is 0 Å². The lowest BCUT2D eigenvalue weighted by Gasteiger charge is -2.14. The van der Waals surface area contributed by atoms with Crippen LogP contribution in [0.3, 0.4) is 0 Å². The van der Waals surface area contributed by atoms with E-state index in [9.17, 15) is 9.59 Å². The van der Waals surface area contributed by atoms with Crippen molar-refractivity contribution in [3.8, 4) is 11.3 Å². The number of benzene rings is 2. The first kappa shape index (κ1) is 19.6. The van der Waals surface area contributed by atoms with Gasteiger partial charge in [-0.2, -0.15) is 0 Å². The number of H-pyrrole nitrogens is 1. The molecule has 0 radical (unpaired) electrons. The molecule has 30 heavy (non-hydrogen) atoms. The second-order valence-electron chi connectivity index (χ2n) is 6.72. The van der Waals surface area contributed by atoms with E-state index in [0.29, 0.717) is 22.0 Å². The summed E-state index contributed by atoms with van der Waals surface area (Å²) in [6, 6.07) is 20.0. The molecule has 150 valence electrons. The van der Waals surface area contributed by atoms with Gasteiger partial charge in [0, 0.05) is 0 Å². The summed E-state index contributed by atoms with van der Waals surface area (Å²) in [7, 11) is 0. The number of aromatic nitrogens is 2. The predicted molar refractivity (Wildman–Crippen MR) is 119 cm³/mol. The first-order valence-electron chi connectivity index (χ1n) is 9.47. The highest BCUT2D eigenvalue weighted by Crippen LogP contribution is 2.21. The number of nitrogens with zero attached hydrogens (tertiary/aromatic N) is 1. The number of thiophene rings is 1. The van der Waals surface area contributed by atoms with Crippen molar-refractivity contribution in [3.05, 3.63) is 94.6 Å². The Morgan fingerprint density at radius 1 is 0.967 bits per heavy atom. The number of amides is 2. The zero-order valence-electron chi connectivity index (χ0n) is 16.3. The van der Waals surface area contributed by atoms with Crippen LogP contribution >= 0.6 is 11.3 Å². The minimum atomic E-state index is -0.337. The van der Waals surface area contributed by atoms with E-state index in [2.05, 4.69) is 20.6 Å². The lowest BCUT2D eigenvalue weighted by atomic mass is 10.1. The molecule has 6 nitrogen and oxygen atoms in total. The minimum absolute atomic E-state index is 0.239. The molecule has 4 rings (SSSR count). The summed E-state index contributed by atoms with van der Waals surface area (Å²) in [5.74, 6) is 0.126. The Balaban J connectivity index is 1.48. The number of imidazole rings is 1. The third-order valence-corrected chi connectivity index (χ3v) is 5.47. The Morgan fingerprint density at radius 2 is 1.73 bits per heavy atom. The molecule has 0 aliphatic carbocycles. The average Bonchev–Trinajstić information content (AvgIpc) is 3.47. The van der Waals surface area contributed by atoms with Gasteiger partial charge in [0.2, 0.25) is 0 Å². The molecular formula is C23H20N4O2S. The van der Waals surface area contributed by atoms with Gasteiger partial charge in [0.25, 0.3) is 11.8 Å². The third kappa shape index (κ3) is 4.31. The normalized spacial score (nSPS) is 11.6. The number of para-hydroxylation sites is 1. The largest absolute Gasteiger partial charge is 0.342 e. The van der Waals surface area contributed by atoms with Gasteiger partial charge in [0.1, 0.15) is 5.82 Å². The van der Waals surface area contributed by atoms with Crippen LogP contribution in [0.2, 0.25) is 0 Å². The van der Waals surface area contributed by atoms with Gasteiger partial charge in [0.05, 0.1) is 34.1 Å². The molecule has 2 heterocycles. The van der Waals surface area contributed by atoms with E-state index < -0.39 is 0 Å². The predicted octanol–water partition coefficient (Wildman–Crippen LogP) is 4.88. The number of nitrogens with one attached hydrogen (secondary N) is 3. The highest BCUT2D eigenvalue weighted by molar-refractivity contribution is 7.12. The fourth-order valence-electron chi connectivity index (χ4n) is 3.05. The molecule has 0 spiro atoms. The molecule has 0 aliphatic heterocycles. The maximum atomic E-state index is 12.9. The first-order chi connectivity index (χ1) is 14.6. The van der Waals surface area contributed by atoms with Crippen molar-refractivity contribution in [2.24, 2.45) is 0 Å². The number of hydrogen-bond donors (Lipinski definition) is 3. The second-order valence-corrected chi connectivity index (χ2v) is 7.67. The fraction of sp³-hybridized carbons (Fsp3) is 0.0870. The van der Waals surface area contributed by atoms with E-state index in [-0.39, 0.29) is 17.9 Å². The number of rotatable bonds is 6. The van der Waals surface area contributed by atoms with Crippen LogP contribution in [0.5, 0.6) is 0 Å². The van der Waals surface area contributed by atoms with Crippen LogP contribution in [0.25, 0.3) is 11.3 Å². The highest BCUT2D eigenvalue weighted by atomic mass is 32.1. The smallest absolute Gasteiger partial charge is 0.265 e. The SMILES string of the molecule is CC(NC(=O)c1ccccc1NC(=O)c1cccs1)c1ncc(-c2ccccc2)[nH]1. The quantitative estimate of drug-likeness (QED) is 0.419. The van der Waals surface area contributed by atoms with Crippen molar-refractivity contribution in [1.82, 2.24) is 15.3 Å². The van der Waals surface area contributed by atoms with Crippen molar-refractivity contribution in [3.63, 3.8) is 0 Å². The van der Waals surface area contributed by atoms with Crippen molar-refractivity contribution in [2.45, 2.75) is 13.0 Å². The van der Waals surface area contributed by atoms with Gasteiger partial charge in [0.15, 0.2) is 0 Å². The number of aromatic amines is 1. The van der Waals surface area contributed by atoms with Crippen molar-refractivity contribution >= 4 is 28.8 Å². The molecule has 0 aliphatic rings. The van der Waals surface area contributed by atoms with Crippen LogP contribution in [0.1, 0.15) is 38.8 Å². The molecule has 0 fully saturated rings. The summed E-state index contributed by atoms with van der Waals surface area (Å²) < 4.78 is 0. The molecular weight excluding hydrogens is 396 g/mol. The van der Waals surface area contributed by atoms with Crippen LogP contribution in [-0.2, 0) is 0 Å². The van der Waals surface area contributed by atoms with Crippen molar-refractivity contribution in [1.29, 1.82) is 0 Å². The molecule has 4 aromatic rings. The summed E-state index contributed by atoms with van der Waals surface area (Å²) in [6.45, 7) is 1.86. The van der Waals surface area contributed by atoms with Crippen LogP contribution in [0.15, 0.2) is 78.3 Å². The fourth-order valence-corrected chi connectivity index (χ4v) is 3.66. The molecule has 7 heteroatoms. The number of carbonyl (C=O) groups excluding carboxylic acids is 2. The van der Waals surface area contributed by atoms with E-state index in [1.165, 1.54) is 11.3 Å². The zero-order chi connectivity index (χ0) is 20.9. The monoisotopic (exact) mass is 416 g/mol. The Kier molecular flexibility index (Phi) is 5.72. The molecule has 1 unspecified atom stereocenters. The van der Waals surface area contributed by atoms with Gasteiger partial charge < -0.3 is 15.6 Å². The average molecular weight is 417 g/mol. The first-order valence-corrected chi connectivity index (χ1v) is 10.3. The topological polar surface area (TPSA) is 86.9 Å². The van der Waals surface area contributed by atoms with Gasteiger partial charge in [-0.3, -0.25) is 9.59 Å². The van der Waals surface area contributed by atoms with Gasteiger partial charge in [-0.25, -0.2) is 4.98 Å². The third-order valence-electron chi connectivity index (χ3n) is 4.60. The number of carbonyl (C=O) groups is 2. The Bertz CT molecular complexity index is 1150. The molecule has 3 N–H and O–H groups in total. The molecule has 2 aromatic heterocycles. The van der Waals surface area contributed by atoms with Crippen LogP contribution < -0.4 is 10.6 Å². The van der Waals surface area contributed by atoms with E-state index in [1.54, 1.807) is 36.5 Å². The Morgan fingerprint density at radius 3 is 2.50 bits per heavy atom. The minimum Gasteiger partial charge on any atom is -0.342 e. The highest BCUT2D eigenvalue weighted by Gasteiger charge is 2.18. The summed E-state index contributed by atoms with van der Waals surface area (Å²) in [5, 5.41) is 7.60. The van der Waals surface area contributed by atoms with E-state index >= 15 is 0 Å². The summed E-state index contributed by atoms with van der Waals surface area (Å²) >= 11 is 1.35. The number of anilines is 1. The summed E-state index contributed by atoms with van der Waals surface area (Å²) in [6.07, 6.45) is 1.75. The van der Waals surface area contributed by atoms with E-state index in [0.717, 1.165) is 11.3 Å². The molecule has 0 saturated heterocycles. The van der Waals surface area contributed by atoms with E-state index in [1.807, 2.05) is 48.7 Å². The van der Waals surface area contributed by atoms with E-state index in [4.69, 9.17) is 0 Å². The van der Waals surface area contributed by atoms with Crippen LogP contribution in [-0.4, -0.2) is 21.8 Å². The molecule has 0 saturated carbocycles. The maximum Gasteiger partial charge on any atom is 0.265 e. The number of hydrogen-bond acceptors (Lipinski definition) is 4. The van der Waals surface area contributed by atoms with Gasteiger partial charge in [-0.05, 0) is 36.1 Å². The maximum absolute atomic E-state index is 12.9. The van der Waals surface area contributed by atoms with Gasteiger partial charge in [-0.15, -0.1) is 11.3 Å².